The number of nitrogens with zero attached hydrogens (tertiary/aromatic N) is 3. The smallest absolute Gasteiger partial charge is 0.248 e. The van der Waals surface area contributed by atoms with E-state index in [1.165, 1.54) is 0 Å². The zero-order valence-corrected chi connectivity index (χ0v) is 9.32. The number of aliphatic imine (C=N–C) groups is 1. The molecule has 84 valence electrons. The van der Waals surface area contributed by atoms with E-state index in [0.717, 1.165) is 6.42 Å². The number of aromatic nitrogens is 2. The van der Waals surface area contributed by atoms with Crippen LogP contribution in [0.25, 0.3) is 0 Å². The summed E-state index contributed by atoms with van der Waals surface area (Å²) in [6.07, 6.45) is 0.996. The highest BCUT2D eigenvalue weighted by molar-refractivity contribution is 5.77. The van der Waals surface area contributed by atoms with Gasteiger partial charge in [-0.25, -0.2) is 4.99 Å². The van der Waals surface area contributed by atoms with Gasteiger partial charge in [-0.05, 0) is 20.3 Å². The van der Waals surface area contributed by atoms with Crippen molar-refractivity contribution in [1.29, 1.82) is 0 Å². The van der Waals surface area contributed by atoms with Crippen molar-refractivity contribution in [2.45, 2.75) is 39.8 Å². The quantitative estimate of drug-likeness (QED) is 0.561. The number of nitrogens with one attached hydrogen (secondary N) is 1. The maximum atomic E-state index is 5.65. The predicted molar refractivity (Wildman–Crippen MR) is 57.3 cm³/mol. The van der Waals surface area contributed by atoms with Gasteiger partial charge in [0.1, 0.15) is 6.54 Å². The molecule has 0 spiro atoms. The normalized spacial score (nSPS) is 13.9. The van der Waals surface area contributed by atoms with Gasteiger partial charge in [-0.15, -0.1) is 0 Å². The molecule has 6 nitrogen and oxygen atoms in total. The molecule has 0 aliphatic heterocycles. The Morgan fingerprint density at radius 2 is 2.40 bits per heavy atom. The lowest BCUT2D eigenvalue weighted by molar-refractivity contribution is 0.376. The number of hydrogen-bond donors (Lipinski definition) is 2. The highest BCUT2D eigenvalue weighted by Crippen LogP contribution is 1.97. The van der Waals surface area contributed by atoms with Gasteiger partial charge < -0.3 is 15.6 Å². The van der Waals surface area contributed by atoms with Crippen LogP contribution in [-0.2, 0) is 6.54 Å². The van der Waals surface area contributed by atoms with Crippen molar-refractivity contribution in [3.05, 3.63) is 11.7 Å². The van der Waals surface area contributed by atoms with E-state index in [2.05, 4.69) is 27.4 Å². The molecule has 1 atom stereocenters. The molecule has 1 aromatic heterocycles. The molecule has 1 heterocycles. The van der Waals surface area contributed by atoms with Crippen molar-refractivity contribution in [3.63, 3.8) is 0 Å². The first-order valence-corrected chi connectivity index (χ1v) is 4.97. The van der Waals surface area contributed by atoms with E-state index >= 15 is 0 Å². The Hall–Kier alpha value is -1.59. The molecular weight excluding hydrogens is 194 g/mol. The number of aryl methyl sites for hydroxylation is 1. The van der Waals surface area contributed by atoms with Gasteiger partial charge in [-0.3, -0.25) is 0 Å². The summed E-state index contributed by atoms with van der Waals surface area (Å²) in [7, 11) is 0. The van der Waals surface area contributed by atoms with Crippen LogP contribution in [0, 0.1) is 6.92 Å². The van der Waals surface area contributed by atoms with Crippen LogP contribution in [-0.4, -0.2) is 22.1 Å². The second-order valence-corrected chi connectivity index (χ2v) is 3.39. The predicted octanol–water partition coefficient (Wildman–Crippen LogP) is 0.581. The van der Waals surface area contributed by atoms with Crippen LogP contribution in [0.15, 0.2) is 9.52 Å². The molecule has 0 aliphatic carbocycles. The first-order chi connectivity index (χ1) is 7.11. The van der Waals surface area contributed by atoms with Crippen LogP contribution in [0.4, 0.5) is 0 Å². The van der Waals surface area contributed by atoms with Gasteiger partial charge in [0.05, 0.1) is 0 Å². The Labute approximate surface area is 89.0 Å². The molecule has 0 aliphatic rings. The Balaban J connectivity index is 2.43. The first kappa shape index (κ1) is 11.5. The highest BCUT2D eigenvalue weighted by atomic mass is 16.5. The van der Waals surface area contributed by atoms with Crippen molar-refractivity contribution >= 4 is 5.96 Å². The van der Waals surface area contributed by atoms with Gasteiger partial charge in [0.2, 0.25) is 5.89 Å². The van der Waals surface area contributed by atoms with E-state index in [0.29, 0.717) is 30.3 Å². The Morgan fingerprint density at radius 3 is 2.93 bits per heavy atom. The van der Waals surface area contributed by atoms with E-state index in [4.69, 9.17) is 10.3 Å². The molecule has 3 N–H and O–H groups in total. The molecule has 0 bridgehead atoms. The van der Waals surface area contributed by atoms with Gasteiger partial charge in [-0.1, -0.05) is 12.1 Å². The molecule has 1 unspecified atom stereocenters. The van der Waals surface area contributed by atoms with Crippen molar-refractivity contribution in [2.24, 2.45) is 10.7 Å². The van der Waals surface area contributed by atoms with E-state index in [9.17, 15) is 0 Å². The molecule has 1 aromatic rings. The zero-order valence-electron chi connectivity index (χ0n) is 9.32. The summed E-state index contributed by atoms with van der Waals surface area (Å²) in [5, 5.41) is 6.70. The second kappa shape index (κ2) is 5.33. The fraction of sp³-hybridized carbons (Fsp3) is 0.667. The SMILES string of the molecule is CCC(C)NC(N)=NCc1nc(C)no1. The highest BCUT2D eigenvalue weighted by Gasteiger charge is 2.02. The van der Waals surface area contributed by atoms with Crippen molar-refractivity contribution in [2.75, 3.05) is 0 Å². The summed E-state index contributed by atoms with van der Waals surface area (Å²) >= 11 is 0. The molecule has 0 amide bonds. The van der Waals surface area contributed by atoms with Crippen LogP contribution in [0.3, 0.4) is 0 Å². The minimum absolute atomic E-state index is 0.316. The van der Waals surface area contributed by atoms with Crippen LogP contribution in [0.2, 0.25) is 0 Å². The number of rotatable bonds is 4. The van der Waals surface area contributed by atoms with Crippen molar-refractivity contribution < 1.29 is 4.52 Å². The average Bonchev–Trinajstić information content (AvgIpc) is 2.61. The lowest BCUT2D eigenvalue weighted by Crippen LogP contribution is -2.38. The molecule has 0 radical (unpaired) electrons. The van der Waals surface area contributed by atoms with E-state index < -0.39 is 0 Å². The molecule has 0 fully saturated rings. The van der Waals surface area contributed by atoms with Gasteiger partial charge in [0, 0.05) is 6.04 Å². The molecule has 1 rings (SSSR count). The minimum atomic E-state index is 0.316. The number of nitrogens with two attached hydrogens (primary N) is 1. The topological polar surface area (TPSA) is 89.3 Å². The van der Waals surface area contributed by atoms with Crippen LogP contribution in [0.5, 0.6) is 0 Å². The molecule has 6 heteroatoms. The fourth-order valence-electron chi connectivity index (χ4n) is 0.957. The summed E-state index contributed by atoms with van der Waals surface area (Å²) in [6, 6.07) is 0.318. The Morgan fingerprint density at radius 1 is 1.67 bits per heavy atom. The Kier molecular flexibility index (Phi) is 4.08. The van der Waals surface area contributed by atoms with Crippen LogP contribution >= 0.6 is 0 Å². The van der Waals surface area contributed by atoms with Gasteiger partial charge in [-0.2, -0.15) is 4.98 Å². The van der Waals surface area contributed by atoms with Crippen molar-refractivity contribution in [1.82, 2.24) is 15.5 Å². The maximum Gasteiger partial charge on any atom is 0.248 e. The van der Waals surface area contributed by atoms with E-state index in [1.807, 2.05) is 6.92 Å². The summed E-state index contributed by atoms with van der Waals surface area (Å²) in [5.74, 6) is 1.48. The maximum absolute atomic E-state index is 5.65. The van der Waals surface area contributed by atoms with Gasteiger partial charge >= 0.3 is 0 Å². The lowest BCUT2D eigenvalue weighted by atomic mass is 10.3. The molecule has 0 saturated carbocycles. The zero-order chi connectivity index (χ0) is 11.3. The standard InChI is InChI=1S/C9H17N5O/c1-4-6(2)12-9(10)11-5-8-13-7(3)14-15-8/h6H,4-5H2,1-3H3,(H3,10,11,12). The second-order valence-electron chi connectivity index (χ2n) is 3.39. The third kappa shape index (κ3) is 3.97. The average molecular weight is 211 g/mol. The lowest BCUT2D eigenvalue weighted by Gasteiger charge is -2.10. The Bertz CT molecular complexity index is 333. The van der Waals surface area contributed by atoms with E-state index in [-0.39, 0.29) is 0 Å². The minimum Gasteiger partial charge on any atom is -0.370 e. The fourth-order valence-corrected chi connectivity index (χ4v) is 0.957. The van der Waals surface area contributed by atoms with E-state index in [1.54, 1.807) is 6.92 Å². The third-order valence-corrected chi connectivity index (χ3v) is 1.96. The molecule has 0 saturated heterocycles. The number of guanidine groups is 1. The van der Waals surface area contributed by atoms with Gasteiger partial charge in [0.25, 0.3) is 0 Å². The summed E-state index contributed by atoms with van der Waals surface area (Å²) in [5.41, 5.74) is 5.65. The molecule has 0 aromatic carbocycles. The van der Waals surface area contributed by atoms with Crippen LogP contribution < -0.4 is 11.1 Å². The third-order valence-electron chi connectivity index (χ3n) is 1.96. The van der Waals surface area contributed by atoms with Crippen molar-refractivity contribution in [3.8, 4) is 0 Å². The van der Waals surface area contributed by atoms with Crippen LogP contribution in [0.1, 0.15) is 32.0 Å². The molecular formula is C9H17N5O. The summed E-state index contributed by atoms with van der Waals surface area (Å²) in [6.45, 7) is 6.19. The van der Waals surface area contributed by atoms with Gasteiger partial charge in [0.15, 0.2) is 11.8 Å². The monoisotopic (exact) mass is 211 g/mol. The molecule has 15 heavy (non-hydrogen) atoms. The first-order valence-electron chi connectivity index (χ1n) is 4.97. The summed E-state index contributed by atoms with van der Waals surface area (Å²) in [4.78, 5) is 8.10. The summed E-state index contributed by atoms with van der Waals surface area (Å²) < 4.78 is 4.89. The largest absolute Gasteiger partial charge is 0.370 e. The number of hydrogen-bond acceptors (Lipinski definition) is 4.